The van der Waals surface area contributed by atoms with Crippen molar-refractivity contribution in [1.82, 2.24) is 0 Å². The van der Waals surface area contributed by atoms with Crippen molar-refractivity contribution in [2.45, 2.75) is 34.1 Å². The van der Waals surface area contributed by atoms with Gasteiger partial charge >= 0.3 is 18.9 Å². The van der Waals surface area contributed by atoms with Crippen molar-refractivity contribution in [3.05, 3.63) is 22.5 Å². The normalized spacial score (nSPS) is 16.7. The first-order valence-corrected chi connectivity index (χ1v) is 5.21. The third kappa shape index (κ3) is 2.99. The molecule has 1 rings (SSSR count). The van der Waals surface area contributed by atoms with Crippen LogP contribution in [0.5, 0.6) is 0 Å². The van der Waals surface area contributed by atoms with E-state index in [0.29, 0.717) is 11.8 Å². The predicted octanol–water partition coefficient (Wildman–Crippen LogP) is 0.565. The minimum absolute atomic E-state index is 0. The quantitative estimate of drug-likeness (QED) is 0.337. The molecule has 13 heavy (non-hydrogen) atoms. The molecule has 1 aliphatic rings. The maximum absolute atomic E-state index is 3.39. The molecule has 1 unspecified atom stereocenters. The van der Waals surface area contributed by atoms with Gasteiger partial charge in [0.25, 0.3) is 0 Å². The van der Waals surface area contributed by atoms with Crippen LogP contribution in [0.1, 0.15) is 34.1 Å². The molecule has 0 N–H and O–H groups in total. The number of hydrogen-bond donors (Lipinski definition) is 0. The Morgan fingerprint density at radius 2 is 1.69 bits per heavy atom. The fraction of sp³-hybridized carbons (Fsp3) is 0.636. The standard InChI is InChI=1S/C11H18P.Li/c1-7(2)9-5-6-10(12)11(9)8(3)4;/h7-8H,5,12H2,1-4H3;/q-1;+1. The van der Waals surface area contributed by atoms with Crippen molar-refractivity contribution in [1.29, 1.82) is 0 Å². The molecule has 0 spiro atoms. The maximum Gasteiger partial charge on any atom is 1.00 e. The summed E-state index contributed by atoms with van der Waals surface area (Å²) < 4.78 is 0. The van der Waals surface area contributed by atoms with Crippen LogP contribution < -0.4 is 18.9 Å². The summed E-state index contributed by atoms with van der Waals surface area (Å²) in [5.41, 5.74) is 3.10. The second kappa shape index (κ2) is 5.40. The molecule has 0 aromatic heterocycles. The molecule has 1 aliphatic carbocycles. The van der Waals surface area contributed by atoms with E-state index in [0.717, 1.165) is 6.42 Å². The predicted molar refractivity (Wildman–Crippen MR) is 57.8 cm³/mol. The van der Waals surface area contributed by atoms with Crippen molar-refractivity contribution in [3.63, 3.8) is 0 Å². The summed E-state index contributed by atoms with van der Waals surface area (Å²) in [6.45, 7) is 9.05. The molecule has 0 amide bonds. The summed E-state index contributed by atoms with van der Waals surface area (Å²) in [6.07, 6.45) is 4.43. The molecule has 0 aliphatic heterocycles. The van der Waals surface area contributed by atoms with E-state index >= 15 is 0 Å². The van der Waals surface area contributed by atoms with Crippen molar-refractivity contribution in [2.24, 2.45) is 11.8 Å². The molecule has 0 aromatic rings. The van der Waals surface area contributed by atoms with Gasteiger partial charge in [-0.25, -0.2) is 5.31 Å². The van der Waals surface area contributed by atoms with Crippen molar-refractivity contribution in [3.8, 4) is 0 Å². The molecule has 0 nitrogen and oxygen atoms in total. The van der Waals surface area contributed by atoms with E-state index in [2.05, 4.69) is 43.0 Å². The molecule has 0 fully saturated rings. The molecule has 0 saturated carbocycles. The zero-order chi connectivity index (χ0) is 9.30. The van der Waals surface area contributed by atoms with Gasteiger partial charge in [0.2, 0.25) is 0 Å². The molecule has 0 saturated heterocycles. The van der Waals surface area contributed by atoms with Gasteiger partial charge in [-0.3, -0.25) is 6.08 Å². The molecular formula is C11H18LiP. The van der Waals surface area contributed by atoms with Gasteiger partial charge < -0.3 is 0 Å². The Kier molecular flexibility index (Phi) is 5.61. The summed E-state index contributed by atoms with van der Waals surface area (Å²) in [5, 5.41) is 1.30. The Hall–Kier alpha value is 0.507. The minimum Gasteiger partial charge on any atom is -0.265 e. The average molecular weight is 188 g/mol. The second-order valence-corrected chi connectivity index (χ2v) is 4.59. The second-order valence-electron chi connectivity index (χ2n) is 4.02. The van der Waals surface area contributed by atoms with Crippen LogP contribution in [0.25, 0.3) is 0 Å². The number of allylic oxidation sites excluding steroid dienone is 4. The van der Waals surface area contributed by atoms with Gasteiger partial charge in [-0.15, -0.1) is 15.7 Å². The fourth-order valence-corrected chi connectivity index (χ4v) is 2.37. The van der Waals surface area contributed by atoms with Gasteiger partial charge in [0, 0.05) is 0 Å². The summed E-state index contributed by atoms with van der Waals surface area (Å²) in [7, 11) is 2.80. The van der Waals surface area contributed by atoms with E-state index in [1.807, 2.05) is 0 Å². The monoisotopic (exact) mass is 188 g/mol. The fourth-order valence-electron chi connectivity index (χ4n) is 1.75. The third-order valence-corrected chi connectivity index (χ3v) is 2.89. The van der Waals surface area contributed by atoms with Gasteiger partial charge in [-0.05, 0) is 5.92 Å². The Morgan fingerprint density at radius 3 is 2.00 bits per heavy atom. The Bertz CT molecular complexity index is 236. The van der Waals surface area contributed by atoms with Crippen LogP contribution in [0.3, 0.4) is 0 Å². The molecule has 0 radical (unpaired) electrons. The first-order valence-electron chi connectivity index (χ1n) is 4.63. The zero-order valence-corrected chi connectivity index (χ0v) is 10.6. The molecule has 1 atom stereocenters. The van der Waals surface area contributed by atoms with Gasteiger partial charge in [-0.1, -0.05) is 33.6 Å². The van der Waals surface area contributed by atoms with Crippen molar-refractivity contribution >= 4 is 9.24 Å². The van der Waals surface area contributed by atoms with Crippen LogP contribution in [0, 0.1) is 17.9 Å². The van der Waals surface area contributed by atoms with Crippen LogP contribution in [-0.2, 0) is 0 Å². The summed E-state index contributed by atoms with van der Waals surface area (Å²) >= 11 is 0. The summed E-state index contributed by atoms with van der Waals surface area (Å²) in [5.74, 6) is 1.32. The zero-order valence-electron chi connectivity index (χ0n) is 9.44. The summed E-state index contributed by atoms with van der Waals surface area (Å²) in [6, 6.07) is 0. The first kappa shape index (κ1) is 13.5. The Balaban J connectivity index is 0.00000144. The van der Waals surface area contributed by atoms with Crippen LogP contribution in [-0.4, -0.2) is 0 Å². The van der Waals surface area contributed by atoms with Crippen LogP contribution in [0.15, 0.2) is 16.5 Å². The van der Waals surface area contributed by atoms with Gasteiger partial charge in [-0.2, -0.15) is 11.1 Å². The summed E-state index contributed by atoms with van der Waals surface area (Å²) in [4.78, 5) is 0. The SMILES string of the molecule is CC(C)C1=C(C(C)C)C(P)=[C-]C1.[Li+]. The van der Waals surface area contributed by atoms with Crippen molar-refractivity contribution < 1.29 is 18.9 Å². The minimum atomic E-state index is 0. The molecule has 68 valence electrons. The van der Waals surface area contributed by atoms with Crippen LogP contribution in [0.2, 0.25) is 0 Å². The van der Waals surface area contributed by atoms with Crippen LogP contribution >= 0.6 is 9.24 Å². The molecule has 0 aromatic carbocycles. The molecule has 0 heterocycles. The van der Waals surface area contributed by atoms with E-state index in [9.17, 15) is 0 Å². The largest absolute Gasteiger partial charge is 1.00 e. The van der Waals surface area contributed by atoms with E-state index in [1.54, 1.807) is 5.57 Å². The van der Waals surface area contributed by atoms with E-state index in [-0.39, 0.29) is 18.9 Å². The van der Waals surface area contributed by atoms with Gasteiger partial charge in [0.05, 0.1) is 0 Å². The number of hydrogen-bond acceptors (Lipinski definition) is 0. The Morgan fingerprint density at radius 1 is 1.15 bits per heavy atom. The topological polar surface area (TPSA) is 0 Å². The van der Waals surface area contributed by atoms with Crippen LogP contribution in [0.4, 0.5) is 0 Å². The van der Waals surface area contributed by atoms with E-state index in [4.69, 9.17) is 0 Å². The molecule has 0 bridgehead atoms. The van der Waals surface area contributed by atoms with E-state index < -0.39 is 0 Å². The van der Waals surface area contributed by atoms with Gasteiger partial charge in [0.1, 0.15) is 0 Å². The number of rotatable bonds is 2. The smallest absolute Gasteiger partial charge is 0.265 e. The maximum atomic E-state index is 3.39. The van der Waals surface area contributed by atoms with Crippen molar-refractivity contribution in [2.75, 3.05) is 0 Å². The molecular weight excluding hydrogens is 170 g/mol. The van der Waals surface area contributed by atoms with Gasteiger partial charge in [0.15, 0.2) is 0 Å². The Labute approximate surface area is 96.6 Å². The third-order valence-electron chi connectivity index (χ3n) is 2.38. The average Bonchev–Trinajstić information content (AvgIpc) is 2.30. The first-order chi connectivity index (χ1) is 5.54. The van der Waals surface area contributed by atoms with E-state index in [1.165, 1.54) is 10.9 Å². The molecule has 2 heteroatoms.